The van der Waals surface area contributed by atoms with Gasteiger partial charge < -0.3 is 19.6 Å². The lowest BCUT2D eigenvalue weighted by Gasteiger charge is -2.42. The van der Waals surface area contributed by atoms with E-state index < -0.39 is 17.8 Å². The first-order chi connectivity index (χ1) is 16.3. The van der Waals surface area contributed by atoms with Crippen LogP contribution in [-0.4, -0.2) is 53.9 Å². The molecule has 6 nitrogen and oxygen atoms in total. The molecule has 182 valence electrons. The number of aliphatic hydroxyl groups is 1. The van der Waals surface area contributed by atoms with Gasteiger partial charge in [-0.3, -0.25) is 9.69 Å². The summed E-state index contributed by atoms with van der Waals surface area (Å²) in [5, 5.41) is 9.97. The maximum absolute atomic E-state index is 15.5. The van der Waals surface area contributed by atoms with Crippen LogP contribution in [0.4, 0.5) is 8.78 Å². The fourth-order valence-corrected chi connectivity index (χ4v) is 5.04. The number of hydrogen-bond acceptors (Lipinski definition) is 5. The number of nitrogens with one attached hydrogen (secondary N) is 1. The van der Waals surface area contributed by atoms with Crippen LogP contribution in [-0.2, 0) is 16.0 Å². The van der Waals surface area contributed by atoms with Crippen LogP contribution < -0.4 is 4.74 Å². The molecule has 0 unspecified atom stereocenters. The summed E-state index contributed by atoms with van der Waals surface area (Å²) < 4.78 is 40.2. The lowest BCUT2D eigenvalue weighted by molar-refractivity contribution is -0.145. The molecule has 34 heavy (non-hydrogen) atoms. The Hall–Kier alpha value is -2.97. The number of hydrogen-bond donors (Lipinski definition) is 2. The zero-order valence-corrected chi connectivity index (χ0v) is 19.8. The summed E-state index contributed by atoms with van der Waals surface area (Å²) in [6, 6.07) is 6.89. The smallest absolute Gasteiger partial charge is 0.309 e. The molecule has 1 aromatic heterocycles. The molecule has 3 atom stereocenters. The molecule has 0 amide bonds. The van der Waals surface area contributed by atoms with E-state index in [0.717, 1.165) is 22.2 Å². The van der Waals surface area contributed by atoms with E-state index in [1.54, 1.807) is 26.0 Å². The van der Waals surface area contributed by atoms with Crippen molar-refractivity contribution < 1.29 is 28.2 Å². The molecule has 3 aromatic rings. The Morgan fingerprint density at radius 2 is 2.06 bits per heavy atom. The predicted octanol–water partition coefficient (Wildman–Crippen LogP) is 4.27. The van der Waals surface area contributed by atoms with Crippen LogP contribution in [0.3, 0.4) is 0 Å². The molecule has 1 aliphatic heterocycles. The molecule has 0 fully saturated rings. The Labute approximate surface area is 197 Å². The van der Waals surface area contributed by atoms with Crippen LogP contribution >= 0.6 is 0 Å². The van der Waals surface area contributed by atoms with E-state index in [-0.39, 0.29) is 31.0 Å². The quantitative estimate of drug-likeness (QED) is 0.503. The Kier molecular flexibility index (Phi) is 6.91. The molecule has 1 aliphatic rings. The number of rotatable bonds is 7. The fourth-order valence-electron chi connectivity index (χ4n) is 5.04. The highest BCUT2D eigenvalue weighted by Gasteiger charge is 2.39. The van der Waals surface area contributed by atoms with Crippen LogP contribution in [0.25, 0.3) is 10.9 Å². The van der Waals surface area contributed by atoms with Gasteiger partial charge in [0, 0.05) is 34.7 Å². The molecule has 0 spiro atoms. The number of carbonyl (C=O) groups excluding carboxylic acids is 1. The number of aliphatic hydroxyl groups excluding tert-OH is 1. The van der Waals surface area contributed by atoms with Crippen molar-refractivity contribution in [3.05, 3.63) is 64.4 Å². The van der Waals surface area contributed by atoms with Gasteiger partial charge in [0.2, 0.25) is 0 Å². The first kappa shape index (κ1) is 24.2. The summed E-state index contributed by atoms with van der Waals surface area (Å²) in [6.45, 7) is 5.88. The van der Waals surface area contributed by atoms with Crippen LogP contribution in [0.15, 0.2) is 30.3 Å². The van der Waals surface area contributed by atoms with E-state index in [2.05, 4.69) is 9.88 Å². The minimum Gasteiger partial charge on any atom is -0.491 e. The molecule has 0 saturated heterocycles. The number of carbonyl (C=O) groups is 1. The predicted molar refractivity (Wildman–Crippen MR) is 125 cm³/mol. The van der Waals surface area contributed by atoms with Crippen LogP contribution in [0.2, 0.25) is 0 Å². The van der Waals surface area contributed by atoms with Crippen LogP contribution in [0.1, 0.15) is 42.3 Å². The first-order valence-electron chi connectivity index (χ1n) is 11.4. The average molecular weight is 473 g/mol. The third-order valence-corrected chi connectivity index (χ3v) is 6.69. The van der Waals surface area contributed by atoms with Gasteiger partial charge in [0.05, 0.1) is 25.7 Å². The van der Waals surface area contributed by atoms with Crippen molar-refractivity contribution in [2.24, 2.45) is 5.92 Å². The van der Waals surface area contributed by atoms with Gasteiger partial charge in [0.25, 0.3) is 0 Å². The second-order valence-electron chi connectivity index (χ2n) is 8.94. The van der Waals surface area contributed by atoms with Crippen LogP contribution in [0.5, 0.6) is 5.75 Å². The number of methoxy groups -OCH3 is 1. The van der Waals surface area contributed by atoms with Crippen molar-refractivity contribution in [1.82, 2.24) is 9.88 Å². The molecule has 8 heteroatoms. The molecular weight excluding hydrogens is 442 g/mol. The molecule has 0 aliphatic carbocycles. The van der Waals surface area contributed by atoms with Gasteiger partial charge in [-0.05, 0) is 61.7 Å². The number of aromatic amines is 1. The number of aromatic nitrogens is 1. The number of esters is 1. The van der Waals surface area contributed by atoms with E-state index >= 15 is 4.39 Å². The maximum Gasteiger partial charge on any atom is 0.309 e. The summed E-state index contributed by atoms with van der Waals surface area (Å²) >= 11 is 0. The molecule has 0 radical (unpaired) electrons. The molecule has 0 saturated carbocycles. The zero-order valence-electron chi connectivity index (χ0n) is 19.8. The Balaban J connectivity index is 1.92. The number of halogens is 2. The highest BCUT2D eigenvalue weighted by atomic mass is 19.1. The minimum atomic E-state index is -0.556. The van der Waals surface area contributed by atoms with E-state index in [1.165, 1.54) is 25.3 Å². The van der Waals surface area contributed by atoms with E-state index in [4.69, 9.17) is 9.47 Å². The number of benzene rings is 2. The lowest BCUT2D eigenvalue weighted by atomic mass is 9.85. The molecule has 4 rings (SSSR count). The minimum absolute atomic E-state index is 0.0623. The van der Waals surface area contributed by atoms with E-state index in [9.17, 15) is 14.3 Å². The largest absolute Gasteiger partial charge is 0.491 e. The second kappa shape index (κ2) is 9.72. The van der Waals surface area contributed by atoms with Crippen molar-refractivity contribution in [3.8, 4) is 5.75 Å². The maximum atomic E-state index is 15.5. The summed E-state index contributed by atoms with van der Waals surface area (Å²) in [5.74, 6) is -1.03. The molecule has 2 heterocycles. The Bertz CT molecular complexity index is 1210. The molecular formula is C26H30F2N2O4. The topological polar surface area (TPSA) is 74.8 Å². The van der Waals surface area contributed by atoms with Gasteiger partial charge in [0.15, 0.2) is 0 Å². The fraction of sp³-hybridized carbons (Fsp3) is 0.423. The molecule has 2 N–H and O–H groups in total. The number of nitrogens with zero attached hydrogens (tertiary/aromatic N) is 1. The number of fused-ring (bicyclic) bond motifs is 3. The molecule has 0 bridgehead atoms. The third-order valence-electron chi connectivity index (χ3n) is 6.69. The highest BCUT2D eigenvalue weighted by Crippen LogP contribution is 2.44. The summed E-state index contributed by atoms with van der Waals surface area (Å²) in [4.78, 5) is 17.7. The second-order valence-corrected chi connectivity index (χ2v) is 8.94. The normalized spacial score (nSPS) is 19.1. The van der Waals surface area contributed by atoms with Crippen molar-refractivity contribution in [2.45, 2.75) is 39.3 Å². The van der Waals surface area contributed by atoms with Gasteiger partial charge in [-0.2, -0.15) is 0 Å². The first-order valence-corrected chi connectivity index (χ1v) is 11.4. The summed E-state index contributed by atoms with van der Waals surface area (Å²) in [6.07, 6.45) is 0.616. The van der Waals surface area contributed by atoms with Gasteiger partial charge in [0.1, 0.15) is 24.0 Å². The lowest BCUT2D eigenvalue weighted by Crippen LogP contribution is -2.46. The SMILES string of the molecule is COC(=O)[C@H](C)CN1[C@H](c2c(F)ccc(OCCO)c2C)c2[nH]c3ccc(F)cc3c2C[C@H]1C. The zero-order chi connectivity index (χ0) is 24.6. The Morgan fingerprint density at radius 1 is 1.29 bits per heavy atom. The summed E-state index contributed by atoms with van der Waals surface area (Å²) in [7, 11) is 1.35. The Morgan fingerprint density at radius 3 is 2.76 bits per heavy atom. The van der Waals surface area contributed by atoms with Gasteiger partial charge in [-0.15, -0.1) is 0 Å². The van der Waals surface area contributed by atoms with E-state index in [0.29, 0.717) is 29.8 Å². The van der Waals surface area contributed by atoms with Gasteiger partial charge in [-0.25, -0.2) is 8.78 Å². The summed E-state index contributed by atoms with van der Waals surface area (Å²) in [5.41, 5.74) is 3.52. The van der Waals surface area contributed by atoms with Crippen LogP contribution in [0, 0.1) is 24.5 Å². The number of H-pyrrole nitrogens is 1. The highest BCUT2D eigenvalue weighted by molar-refractivity contribution is 5.85. The van der Waals surface area contributed by atoms with Crippen molar-refractivity contribution in [2.75, 3.05) is 26.9 Å². The number of ether oxygens (including phenoxy) is 2. The van der Waals surface area contributed by atoms with Crippen molar-refractivity contribution >= 4 is 16.9 Å². The van der Waals surface area contributed by atoms with Gasteiger partial charge in [-0.1, -0.05) is 6.92 Å². The third kappa shape index (κ3) is 4.28. The van der Waals surface area contributed by atoms with Gasteiger partial charge >= 0.3 is 5.97 Å². The standard InChI is InChI=1S/C26H30F2N2O4/c1-14(26(32)33-4)13-30-15(2)11-19-18-12-17(27)5-7-21(18)29-24(19)25(30)23-16(3)22(34-10-9-31)8-6-20(23)28/h5-8,12,14-15,25,29,31H,9-11,13H2,1-4H3/t14-,15-,25-/m1/s1. The monoisotopic (exact) mass is 472 g/mol. The van der Waals surface area contributed by atoms with Crippen molar-refractivity contribution in [1.29, 1.82) is 0 Å². The van der Waals surface area contributed by atoms with Crippen molar-refractivity contribution in [3.63, 3.8) is 0 Å². The average Bonchev–Trinajstić information content (AvgIpc) is 3.16. The molecule has 2 aromatic carbocycles. The van der Waals surface area contributed by atoms with E-state index in [1.807, 2.05) is 6.92 Å².